The Morgan fingerprint density at radius 1 is 1.29 bits per heavy atom. The van der Waals surface area contributed by atoms with Crippen LogP contribution in [0.1, 0.15) is 37.0 Å². The predicted octanol–water partition coefficient (Wildman–Crippen LogP) is 3.67. The highest BCUT2D eigenvalue weighted by Gasteiger charge is 2.30. The fourth-order valence-electron chi connectivity index (χ4n) is 2.58. The van der Waals surface area contributed by atoms with E-state index in [0.29, 0.717) is 6.42 Å². The second kappa shape index (κ2) is 7.75. The standard InChI is InChI=1S/C15H18BrNO3S/c16-13-8-6-10(21-13)7-9-14(18)17-12-5-3-1-2-4-11(12)15(19)20/h6-9,11-12H,1-5H2,(H,17,18)(H,19,20)/b9-7+. The summed E-state index contributed by atoms with van der Waals surface area (Å²) in [5.41, 5.74) is 0. The van der Waals surface area contributed by atoms with Crippen molar-refractivity contribution >= 4 is 45.2 Å². The Labute approximate surface area is 136 Å². The van der Waals surface area contributed by atoms with Gasteiger partial charge in [0.05, 0.1) is 9.70 Å². The van der Waals surface area contributed by atoms with Crippen molar-refractivity contribution in [2.75, 3.05) is 0 Å². The molecule has 0 aliphatic heterocycles. The van der Waals surface area contributed by atoms with Crippen LogP contribution in [0.5, 0.6) is 0 Å². The molecule has 0 spiro atoms. The third-order valence-corrected chi connectivity index (χ3v) is 5.24. The number of carboxylic acid groups (broad SMARTS) is 1. The lowest BCUT2D eigenvalue weighted by molar-refractivity contribution is -0.143. The highest BCUT2D eigenvalue weighted by molar-refractivity contribution is 9.11. The van der Waals surface area contributed by atoms with Crippen LogP contribution in [0.25, 0.3) is 6.08 Å². The van der Waals surface area contributed by atoms with Gasteiger partial charge >= 0.3 is 5.97 Å². The third kappa shape index (κ3) is 4.97. The van der Waals surface area contributed by atoms with Crippen LogP contribution < -0.4 is 5.32 Å². The summed E-state index contributed by atoms with van der Waals surface area (Å²) in [6.07, 6.45) is 7.52. The molecule has 2 N–H and O–H groups in total. The van der Waals surface area contributed by atoms with Gasteiger partial charge in [-0.3, -0.25) is 9.59 Å². The summed E-state index contributed by atoms with van der Waals surface area (Å²) in [5.74, 6) is -1.51. The molecule has 6 heteroatoms. The van der Waals surface area contributed by atoms with Crippen LogP contribution in [0.15, 0.2) is 22.0 Å². The summed E-state index contributed by atoms with van der Waals surface area (Å²) >= 11 is 4.91. The van der Waals surface area contributed by atoms with E-state index in [0.717, 1.165) is 34.3 Å². The zero-order chi connectivity index (χ0) is 15.2. The van der Waals surface area contributed by atoms with Crippen LogP contribution in [0.4, 0.5) is 0 Å². The minimum atomic E-state index is -0.812. The van der Waals surface area contributed by atoms with Crippen LogP contribution in [0, 0.1) is 5.92 Å². The summed E-state index contributed by atoms with van der Waals surface area (Å²) < 4.78 is 1.01. The van der Waals surface area contributed by atoms with Gasteiger partial charge in [-0.2, -0.15) is 0 Å². The molecule has 2 rings (SSSR count). The Kier molecular flexibility index (Phi) is 5.99. The maximum Gasteiger partial charge on any atom is 0.308 e. The van der Waals surface area contributed by atoms with Crippen molar-refractivity contribution < 1.29 is 14.7 Å². The Bertz CT molecular complexity index is 541. The van der Waals surface area contributed by atoms with Crippen molar-refractivity contribution in [3.63, 3.8) is 0 Å². The molecule has 1 aromatic heterocycles. The summed E-state index contributed by atoms with van der Waals surface area (Å²) in [7, 11) is 0. The number of hydrogen-bond donors (Lipinski definition) is 2. The van der Waals surface area contributed by atoms with E-state index in [1.54, 1.807) is 17.4 Å². The molecule has 1 fully saturated rings. The first-order valence-electron chi connectivity index (χ1n) is 7.03. The van der Waals surface area contributed by atoms with Crippen LogP contribution in [-0.4, -0.2) is 23.0 Å². The SMILES string of the molecule is O=C(/C=C/c1ccc(Br)s1)NC1CCCCCC1C(=O)O. The maximum absolute atomic E-state index is 12.0. The molecule has 0 aromatic carbocycles. The molecule has 4 nitrogen and oxygen atoms in total. The molecule has 0 saturated heterocycles. The Balaban J connectivity index is 1.96. The Hall–Kier alpha value is -1.14. The summed E-state index contributed by atoms with van der Waals surface area (Å²) in [6.45, 7) is 0. The number of rotatable bonds is 4. The highest BCUT2D eigenvalue weighted by atomic mass is 79.9. The molecule has 1 aliphatic rings. The summed E-state index contributed by atoms with van der Waals surface area (Å²) in [5, 5.41) is 12.1. The molecule has 21 heavy (non-hydrogen) atoms. The number of carboxylic acids is 1. The first-order chi connectivity index (χ1) is 10.1. The summed E-state index contributed by atoms with van der Waals surface area (Å²) in [4.78, 5) is 24.3. The van der Waals surface area contributed by atoms with E-state index in [1.165, 1.54) is 6.08 Å². The van der Waals surface area contributed by atoms with Gasteiger partial charge in [0.2, 0.25) is 5.91 Å². The normalized spacial score (nSPS) is 22.9. The van der Waals surface area contributed by atoms with Crippen LogP contribution in [-0.2, 0) is 9.59 Å². The Morgan fingerprint density at radius 2 is 2.05 bits per heavy atom. The Morgan fingerprint density at radius 3 is 2.71 bits per heavy atom. The van der Waals surface area contributed by atoms with Gasteiger partial charge in [0.25, 0.3) is 0 Å². The van der Waals surface area contributed by atoms with E-state index in [-0.39, 0.29) is 11.9 Å². The van der Waals surface area contributed by atoms with E-state index in [2.05, 4.69) is 21.2 Å². The lowest BCUT2D eigenvalue weighted by atomic mass is 9.95. The smallest absolute Gasteiger partial charge is 0.308 e. The number of nitrogens with one attached hydrogen (secondary N) is 1. The molecular weight excluding hydrogens is 354 g/mol. The molecule has 0 radical (unpaired) electrons. The van der Waals surface area contributed by atoms with E-state index in [4.69, 9.17) is 0 Å². The largest absolute Gasteiger partial charge is 0.481 e. The van der Waals surface area contributed by atoms with Crippen molar-refractivity contribution in [2.45, 2.75) is 38.1 Å². The first-order valence-corrected chi connectivity index (χ1v) is 8.64. The number of aliphatic carboxylic acids is 1. The summed E-state index contributed by atoms with van der Waals surface area (Å²) in [6, 6.07) is 3.58. The quantitative estimate of drug-likeness (QED) is 0.626. The van der Waals surface area contributed by atoms with Gasteiger partial charge in [-0.05, 0) is 47.0 Å². The average molecular weight is 372 g/mol. The second-order valence-electron chi connectivity index (χ2n) is 5.17. The number of amides is 1. The van der Waals surface area contributed by atoms with Gasteiger partial charge in [-0.1, -0.05) is 19.3 Å². The van der Waals surface area contributed by atoms with Crippen LogP contribution in [0.2, 0.25) is 0 Å². The van der Waals surface area contributed by atoms with Crippen molar-refractivity contribution in [2.24, 2.45) is 5.92 Å². The zero-order valence-electron chi connectivity index (χ0n) is 11.5. The van der Waals surface area contributed by atoms with E-state index in [1.807, 2.05) is 12.1 Å². The predicted molar refractivity (Wildman–Crippen MR) is 87.2 cm³/mol. The van der Waals surface area contributed by atoms with Gasteiger partial charge in [0.15, 0.2) is 0 Å². The molecule has 1 saturated carbocycles. The number of carbonyl (C=O) groups excluding carboxylic acids is 1. The number of hydrogen-bond acceptors (Lipinski definition) is 3. The molecule has 1 aliphatic carbocycles. The van der Waals surface area contributed by atoms with Gasteiger partial charge in [0, 0.05) is 17.0 Å². The highest BCUT2D eigenvalue weighted by Crippen LogP contribution is 2.24. The molecular formula is C15H18BrNO3S. The lowest BCUT2D eigenvalue weighted by Crippen LogP contribution is -2.42. The molecule has 114 valence electrons. The minimum Gasteiger partial charge on any atom is -0.481 e. The number of carbonyl (C=O) groups is 2. The van der Waals surface area contributed by atoms with E-state index in [9.17, 15) is 14.7 Å². The second-order valence-corrected chi connectivity index (χ2v) is 7.67. The van der Waals surface area contributed by atoms with Crippen molar-refractivity contribution in [1.82, 2.24) is 5.32 Å². The van der Waals surface area contributed by atoms with Crippen molar-refractivity contribution in [3.05, 3.63) is 26.9 Å². The number of halogens is 1. The van der Waals surface area contributed by atoms with Crippen molar-refractivity contribution in [1.29, 1.82) is 0 Å². The fourth-order valence-corrected chi connectivity index (χ4v) is 3.91. The van der Waals surface area contributed by atoms with Gasteiger partial charge in [-0.25, -0.2) is 0 Å². The third-order valence-electron chi connectivity index (χ3n) is 3.65. The van der Waals surface area contributed by atoms with Crippen LogP contribution >= 0.6 is 27.3 Å². The van der Waals surface area contributed by atoms with Gasteiger partial charge in [0.1, 0.15) is 0 Å². The fraction of sp³-hybridized carbons (Fsp3) is 0.467. The minimum absolute atomic E-state index is 0.224. The lowest BCUT2D eigenvalue weighted by Gasteiger charge is -2.22. The topological polar surface area (TPSA) is 66.4 Å². The van der Waals surface area contributed by atoms with Gasteiger partial charge in [-0.15, -0.1) is 11.3 Å². The zero-order valence-corrected chi connectivity index (χ0v) is 14.0. The number of thiophene rings is 1. The van der Waals surface area contributed by atoms with Crippen molar-refractivity contribution in [3.8, 4) is 0 Å². The molecule has 1 amide bonds. The monoisotopic (exact) mass is 371 g/mol. The average Bonchev–Trinajstić information content (AvgIpc) is 2.70. The van der Waals surface area contributed by atoms with Crippen LogP contribution in [0.3, 0.4) is 0 Å². The molecule has 2 unspecified atom stereocenters. The molecule has 1 heterocycles. The maximum atomic E-state index is 12.0. The van der Waals surface area contributed by atoms with Gasteiger partial charge < -0.3 is 10.4 Å². The molecule has 2 atom stereocenters. The first kappa shape index (κ1) is 16.2. The van der Waals surface area contributed by atoms with E-state index < -0.39 is 11.9 Å². The van der Waals surface area contributed by atoms with E-state index >= 15 is 0 Å². The molecule has 1 aromatic rings. The molecule has 0 bridgehead atoms.